The Balaban J connectivity index is 2.56. The smallest absolute Gasteiger partial charge is 0.0467 e. The Kier molecular flexibility index (Phi) is 4.42. The molecule has 0 atom stereocenters. The molecular formula is C9H13ClN2S. The molecular weight excluding hydrogens is 204 g/mol. The van der Waals surface area contributed by atoms with Crippen LogP contribution in [-0.2, 0) is 0 Å². The van der Waals surface area contributed by atoms with Gasteiger partial charge in [-0.25, -0.2) is 0 Å². The molecule has 2 nitrogen and oxygen atoms in total. The summed E-state index contributed by atoms with van der Waals surface area (Å²) >= 11 is 7.51. The second-order valence-electron chi connectivity index (χ2n) is 2.63. The quantitative estimate of drug-likeness (QED) is 0.461. The Bertz CT molecular complexity index is 278. The molecule has 0 radical (unpaired) electrons. The van der Waals surface area contributed by atoms with Crippen molar-refractivity contribution >= 4 is 29.1 Å². The summed E-state index contributed by atoms with van der Waals surface area (Å²) in [7, 11) is 1.94. The average Bonchev–Trinajstić information content (AvgIpc) is 2.09. The molecule has 0 spiro atoms. The van der Waals surface area contributed by atoms with Crippen LogP contribution in [-0.4, -0.2) is 19.3 Å². The molecule has 72 valence electrons. The molecule has 0 fully saturated rings. The van der Waals surface area contributed by atoms with Crippen molar-refractivity contribution in [2.75, 3.05) is 25.1 Å². The maximum absolute atomic E-state index is 5.78. The lowest BCUT2D eigenvalue weighted by Gasteiger charge is -2.04. The lowest BCUT2D eigenvalue weighted by Crippen LogP contribution is -2.09. The fourth-order valence-electron chi connectivity index (χ4n) is 0.914. The van der Waals surface area contributed by atoms with Gasteiger partial charge in [-0.1, -0.05) is 11.6 Å². The molecule has 0 bridgehead atoms. The highest BCUT2D eigenvalue weighted by molar-refractivity contribution is 7.99. The number of nitrogen functional groups attached to an aromatic ring is 1. The number of hydrogen-bond donors (Lipinski definition) is 2. The summed E-state index contributed by atoms with van der Waals surface area (Å²) in [6.45, 7) is 0.979. The molecule has 0 aromatic heterocycles. The highest BCUT2D eigenvalue weighted by Crippen LogP contribution is 2.27. The number of hydrogen-bond acceptors (Lipinski definition) is 3. The maximum Gasteiger partial charge on any atom is 0.0467 e. The van der Waals surface area contributed by atoms with Gasteiger partial charge < -0.3 is 11.1 Å². The molecule has 3 N–H and O–H groups in total. The van der Waals surface area contributed by atoms with Crippen LogP contribution in [0.5, 0.6) is 0 Å². The minimum absolute atomic E-state index is 0.690. The van der Waals surface area contributed by atoms with Crippen molar-refractivity contribution in [2.45, 2.75) is 4.90 Å². The van der Waals surface area contributed by atoms with Gasteiger partial charge in [0, 0.05) is 27.9 Å². The summed E-state index contributed by atoms with van der Waals surface area (Å²) in [6, 6.07) is 5.60. The van der Waals surface area contributed by atoms with Gasteiger partial charge in [0.15, 0.2) is 0 Å². The Morgan fingerprint density at radius 3 is 2.92 bits per heavy atom. The summed E-state index contributed by atoms with van der Waals surface area (Å²) in [5, 5.41) is 3.77. The first-order chi connectivity index (χ1) is 6.24. The third-order valence-electron chi connectivity index (χ3n) is 1.58. The first kappa shape index (κ1) is 10.7. The van der Waals surface area contributed by atoms with Crippen LogP contribution >= 0.6 is 23.4 Å². The van der Waals surface area contributed by atoms with Gasteiger partial charge in [-0.05, 0) is 25.2 Å². The number of anilines is 1. The standard InChI is InChI=1S/C9H13ClN2S/c1-12-4-5-13-9-3-2-7(10)6-8(9)11/h2-3,6,12H,4-5,11H2,1H3. The minimum Gasteiger partial charge on any atom is -0.398 e. The molecule has 1 aromatic carbocycles. The average molecular weight is 217 g/mol. The van der Waals surface area contributed by atoms with E-state index in [0.29, 0.717) is 5.02 Å². The number of halogens is 1. The largest absolute Gasteiger partial charge is 0.398 e. The lowest BCUT2D eigenvalue weighted by molar-refractivity contribution is 0.872. The molecule has 1 rings (SSSR count). The van der Waals surface area contributed by atoms with Gasteiger partial charge in [0.05, 0.1) is 0 Å². The highest BCUT2D eigenvalue weighted by atomic mass is 35.5. The zero-order chi connectivity index (χ0) is 9.68. The van der Waals surface area contributed by atoms with E-state index >= 15 is 0 Å². The zero-order valence-corrected chi connectivity index (χ0v) is 9.08. The van der Waals surface area contributed by atoms with Gasteiger partial charge in [-0.3, -0.25) is 0 Å². The highest BCUT2D eigenvalue weighted by Gasteiger charge is 1.99. The van der Waals surface area contributed by atoms with Gasteiger partial charge in [-0.15, -0.1) is 11.8 Å². The van der Waals surface area contributed by atoms with Crippen LogP contribution in [0, 0.1) is 0 Å². The van der Waals surface area contributed by atoms with Crippen LogP contribution in [0.4, 0.5) is 5.69 Å². The van der Waals surface area contributed by atoms with E-state index in [9.17, 15) is 0 Å². The van der Waals surface area contributed by atoms with E-state index in [1.54, 1.807) is 17.8 Å². The summed E-state index contributed by atoms with van der Waals surface area (Å²) in [4.78, 5) is 1.10. The number of benzene rings is 1. The lowest BCUT2D eigenvalue weighted by atomic mass is 10.3. The summed E-state index contributed by atoms with van der Waals surface area (Å²) in [5.41, 5.74) is 6.54. The maximum atomic E-state index is 5.78. The van der Waals surface area contributed by atoms with E-state index in [-0.39, 0.29) is 0 Å². The molecule has 0 amide bonds. The van der Waals surface area contributed by atoms with Gasteiger partial charge in [0.1, 0.15) is 0 Å². The topological polar surface area (TPSA) is 38.0 Å². The van der Waals surface area contributed by atoms with Crippen molar-refractivity contribution in [3.05, 3.63) is 23.2 Å². The second kappa shape index (κ2) is 5.37. The van der Waals surface area contributed by atoms with Crippen molar-refractivity contribution in [1.82, 2.24) is 5.32 Å². The molecule has 0 unspecified atom stereocenters. The molecule has 13 heavy (non-hydrogen) atoms. The van der Waals surface area contributed by atoms with Gasteiger partial charge >= 0.3 is 0 Å². The second-order valence-corrected chi connectivity index (χ2v) is 4.21. The van der Waals surface area contributed by atoms with Gasteiger partial charge in [-0.2, -0.15) is 0 Å². The van der Waals surface area contributed by atoms with Crippen molar-refractivity contribution in [1.29, 1.82) is 0 Å². The van der Waals surface area contributed by atoms with E-state index in [1.165, 1.54) is 0 Å². The molecule has 4 heteroatoms. The van der Waals surface area contributed by atoms with Crippen LogP contribution in [0.3, 0.4) is 0 Å². The van der Waals surface area contributed by atoms with E-state index < -0.39 is 0 Å². The summed E-state index contributed by atoms with van der Waals surface area (Å²) in [6.07, 6.45) is 0. The van der Waals surface area contributed by atoms with Crippen LogP contribution in [0.15, 0.2) is 23.1 Å². The van der Waals surface area contributed by atoms with E-state index in [0.717, 1.165) is 22.9 Å². The van der Waals surface area contributed by atoms with Crippen LogP contribution in [0.2, 0.25) is 5.02 Å². The number of rotatable bonds is 4. The Morgan fingerprint density at radius 2 is 2.31 bits per heavy atom. The normalized spacial score (nSPS) is 10.3. The van der Waals surface area contributed by atoms with Crippen molar-refractivity contribution in [2.24, 2.45) is 0 Å². The first-order valence-electron chi connectivity index (χ1n) is 4.06. The number of thioether (sulfide) groups is 1. The molecule has 0 saturated heterocycles. The van der Waals surface area contributed by atoms with Gasteiger partial charge in [0.25, 0.3) is 0 Å². The van der Waals surface area contributed by atoms with Crippen LogP contribution in [0.1, 0.15) is 0 Å². The SMILES string of the molecule is CNCCSc1ccc(Cl)cc1N. The molecule has 0 aliphatic heterocycles. The fourth-order valence-corrected chi connectivity index (χ4v) is 2.01. The third-order valence-corrected chi connectivity index (χ3v) is 2.91. The molecule has 1 aromatic rings. The fraction of sp³-hybridized carbons (Fsp3) is 0.333. The number of nitrogens with one attached hydrogen (secondary N) is 1. The summed E-state index contributed by atoms with van der Waals surface area (Å²) in [5.74, 6) is 1.02. The zero-order valence-electron chi connectivity index (χ0n) is 7.51. The first-order valence-corrected chi connectivity index (χ1v) is 5.43. The molecule has 0 aliphatic carbocycles. The number of nitrogens with two attached hydrogens (primary N) is 1. The predicted molar refractivity (Wildman–Crippen MR) is 60.5 cm³/mol. The van der Waals surface area contributed by atoms with E-state index in [2.05, 4.69) is 5.32 Å². The molecule has 0 saturated carbocycles. The molecule has 0 heterocycles. The van der Waals surface area contributed by atoms with E-state index in [4.69, 9.17) is 17.3 Å². The predicted octanol–water partition coefficient (Wildman–Crippen LogP) is 2.23. The van der Waals surface area contributed by atoms with Gasteiger partial charge in [0.2, 0.25) is 0 Å². The Morgan fingerprint density at radius 1 is 1.54 bits per heavy atom. The van der Waals surface area contributed by atoms with Crippen LogP contribution < -0.4 is 11.1 Å². The van der Waals surface area contributed by atoms with E-state index in [1.807, 2.05) is 19.2 Å². The molecule has 0 aliphatic rings. The minimum atomic E-state index is 0.690. The van der Waals surface area contributed by atoms with Crippen molar-refractivity contribution in [3.63, 3.8) is 0 Å². The Labute approximate surface area is 87.8 Å². The third kappa shape index (κ3) is 3.46. The van der Waals surface area contributed by atoms with Crippen molar-refractivity contribution < 1.29 is 0 Å². The Hall–Kier alpha value is -0.380. The van der Waals surface area contributed by atoms with Crippen LogP contribution in [0.25, 0.3) is 0 Å². The van der Waals surface area contributed by atoms with Crippen molar-refractivity contribution in [3.8, 4) is 0 Å². The monoisotopic (exact) mass is 216 g/mol. The summed E-state index contributed by atoms with van der Waals surface area (Å²) < 4.78 is 0.